The van der Waals surface area contributed by atoms with E-state index in [0.717, 1.165) is 10.6 Å². The molecule has 3 aromatic rings. The predicted octanol–water partition coefficient (Wildman–Crippen LogP) is 2.33. The van der Waals surface area contributed by atoms with E-state index in [1.165, 1.54) is 11.3 Å². The summed E-state index contributed by atoms with van der Waals surface area (Å²) < 4.78 is 30.8. The van der Waals surface area contributed by atoms with Gasteiger partial charge in [-0.05, 0) is 43.7 Å². The zero-order valence-electron chi connectivity index (χ0n) is 15.8. The molecule has 9 nitrogen and oxygen atoms in total. The molecule has 1 atom stereocenters. The molecule has 1 amide bonds. The number of amides is 1. The van der Waals surface area contributed by atoms with Crippen LogP contribution >= 0.6 is 11.3 Å². The van der Waals surface area contributed by atoms with Crippen molar-refractivity contribution in [2.75, 3.05) is 23.9 Å². The normalized spacial score (nSPS) is 17.9. The van der Waals surface area contributed by atoms with E-state index >= 15 is 0 Å². The molecule has 1 aliphatic rings. The van der Waals surface area contributed by atoms with Crippen LogP contribution in [0.1, 0.15) is 28.0 Å². The van der Waals surface area contributed by atoms with Gasteiger partial charge in [-0.3, -0.25) is 14.8 Å². The van der Waals surface area contributed by atoms with Crippen molar-refractivity contribution in [3.8, 4) is 17.0 Å². The van der Waals surface area contributed by atoms with Gasteiger partial charge in [-0.1, -0.05) is 11.3 Å². The number of carbonyl (C=O) groups is 1. The number of carbonyl (C=O) groups excluding carboxylic acids is 1. The van der Waals surface area contributed by atoms with Crippen LogP contribution in [0.5, 0.6) is 5.75 Å². The predicted molar refractivity (Wildman–Crippen MR) is 109 cm³/mol. The van der Waals surface area contributed by atoms with Crippen molar-refractivity contribution in [3.63, 3.8) is 0 Å². The van der Waals surface area contributed by atoms with Crippen molar-refractivity contribution in [2.45, 2.75) is 19.4 Å². The number of benzene rings is 1. The van der Waals surface area contributed by atoms with E-state index in [2.05, 4.69) is 20.6 Å². The number of hydrogen-bond acceptors (Lipinski definition) is 8. The Morgan fingerprint density at radius 3 is 2.62 bits per heavy atom. The van der Waals surface area contributed by atoms with Gasteiger partial charge in [0, 0.05) is 5.56 Å². The molecule has 2 aromatic heterocycles. The zero-order valence-corrected chi connectivity index (χ0v) is 17.5. The van der Waals surface area contributed by atoms with Crippen LogP contribution < -0.4 is 10.1 Å². The Hall–Kier alpha value is -2.79. The highest BCUT2D eigenvalue weighted by molar-refractivity contribution is 7.91. The summed E-state index contributed by atoms with van der Waals surface area (Å²) in [5.41, 5.74) is 1.68. The molecule has 1 N–H and O–H groups in total. The number of anilines is 1. The summed E-state index contributed by atoms with van der Waals surface area (Å²) in [7, 11) is -1.52. The van der Waals surface area contributed by atoms with Crippen molar-refractivity contribution < 1.29 is 17.9 Å². The van der Waals surface area contributed by atoms with Gasteiger partial charge in [-0.2, -0.15) is 5.10 Å². The molecule has 4 rings (SSSR count). The lowest BCUT2D eigenvalue weighted by molar-refractivity contribution is 0.102. The quantitative estimate of drug-likeness (QED) is 0.656. The van der Waals surface area contributed by atoms with Crippen LogP contribution in [0.25, 0.3) is 11.3 Å². The summed E-state index contributed by atoms with van der Waals surface area (Å²) in [4.78, 5) is 12.7. The number of aryl methyl sites for hydroxylation is 1. The van der Waals surface area contributed by atoms with E-state index in [9.17, 15) is 13.2 Å². The molecule has 0 spiro atoms. The summed E-state index contributed by atoms with van der Waals surface area (Å²) >= 11 is 1.27. The highest BCUT2D eigenvalue weighted by atomic mass is 32.2. The van der Waals surface area contributed by atoms with Gasteiger partial charge in [0.15, 0.2) is 15.5 Å². The summed E-state index contributed by atoms with van der Waals surface area (Å²) in [5, 5.41) is 16.0. The molecule has 0 saturated carbocycles. The molecule has 152 valence electrons. The maximum atomic E-state index is 12.7. The SMILES string of the molecule is COc1ccc(-c2cc(C(=O)Nc3nnc(C)s3)nn2[C@H]2CCS(=O)(=O)C2)cc1. The molecule has 0 radical (unpaired) electrons. The molecular weight excluding hydrogens is 414 g/mol. The molecule has 3 heterocycles. The molecular formula is C18H19N5O4S2. The summed E-state index contributed by atoms with van der Waals surface area (Å²) in [6.07, 6.45) is 0.462. The number of aromatic nitrogens is 4. The van der Waals surface area contributed by atoms with E-state index in [-0.39, 0.29) is 23.2 Å². The second-order valence-corrected chi connectivity index (χ2v) is 10.1. The smallest absolute Gasteiger partial charge is 0.278 e. The lowest BCUT2D eigenvalue weighted by Gasteiger charge is -2.13. The van der Waals surface area contributed by atoms with Crippen LogP contribution in [0.4, 0.5) is 5.13 Å². The molecule has 0 aliphatic carbocycles. The molecule has 1 aliphatic heterocycles. The Morgan fingerprint density at radius 2 is 2.03 bits per heavy atom. The molecule has 11 heteroatoms. The first kappa shape index (κ1) is 19.5. The van der Waals surface area contributed by atoms with Crippen LogP contribution in [0, 0.1) is 6.92 Å². The van der Waals surface area contributed by atoms with Gasteiger partial charge in [-0.25, -0.2) is 8.42 Å². The van der Waals surface area contributed by atoms with E-state index in [0.29, 0.717) is 23.0 Å². The van der Waals surface area contributed by atoms with Crippen molar-refractivity contribution >= 4 is 32.2 Å². The highest BCUT2D eigenvalue weighted by Gasteiger charge is 2.32. The van der Waals surface area contributed by atoms with Gasteiger partial charge in [0.2, 0.25) is 5.13 Å². The van der Waals surface area contributed by atoms with Gasteiger partial charge >= 0.3 is 0 Å². The van der Waals surface area contributed by atoms with Crippen LogP contribution in [0.3, 0.4) is 0 Å². The van der Waals surface area contributed by atoms with Crippen LogP contribution in [-0.2, 0) is 9.84 Å². The number of methoxy groups -OCH3 is 1. The largest absolute Gasteiger partial charge is 0.497 e. The van der Waals surface area contributed by atoms with E-state index in [1.807, 2.05) is 24.3 Å². The van der Waals surface area contributed by atoms with Crippen LogP contribution in [0.15, 0.2) is 30.3 Å². The topological polar surface area (TPSA) is 116 Å². The van der Waals surface area contributed by atoms with E-state index < -0.39 is 15.7 Å². The van der Waals surface area contributed by atoms with Gasteiger partial charge < -0.3 is 4.74 Å². The lowest BCUT2D eigenvalue weighted by atomic mass is 10.1. The fraction of sp³-hybridized carbons (Fsp3) is 0.333. The van der Waals surface area contributed by atoms with Gasteiger partial charge in [0.05, 0.1) is 30.4 Å². The minimum absolute atomic E-state index is 0.00842. The fourth-order valence-electron chi connectivity index (χ4n) is 3.24. The standard InChI is InChI=1S/C18H19N5O4S2/c1-11-20-21-18(28-11)19-17(24)15-9-16(12-3-5-14(27-2)6-4-12)23(22-15)13-7-8-29(25,26)10-13/h3-6,9,13H,7-8,10H2,1-2H3,(H,19,21,24)/t13-/m0/s1. The fourth-order valence-corrected chi connectivity index (χ4v) is 5.52. The minimum Gasteiger partial charge on any atom is -0.497 e. The first-order valence-electron chi connectivity index (χ1n) is 8.90. The average Bonchev–Trinajstić information content (AvgIpc) is 3.40. The number of nitrogens with one attached hydrogen (secondary N) is 1. The molecule has 29 heavy (non-hydrogen) atoms. The number of hydrogen-bond donors (Lipinski definition) is 1. The Kier molecular flexibility index (Phi) is 5.09. The van der Waals surface area contributed by atoms with Gasteiger partial charge in [-0.15, -0.1) is 10.2 Å². The third-order valence-corrected chi connectivity index (χ3v) is 7.16. The zero-order chi connectivity index (χ0) is 20.6. The molecule has 0 bridgehead atoms. The van der Waals surface area contributed by atoms with Crippen LogP contribution in [0.2, 0.25) is 0 Å². The molecule has 1 aromatic carbocycles. The third-order valence-electron chi connectivity index (χ3n) is 4.65. The van der Waals surface area contributed by atoms with Crippen LogP contribution in [-0.4, -0.2) is 52.9 Å². The third kappa shape index (κ3) is 4.15. The Labute approximate surface area is 171 Å². The summed E-state index contributed by atoms with van der Waals surface area (Å²) in [6.45, 7) is 1.80. The van der Waals surface area contributed by atoms with Crippen molar-refractivity contribution in [1.82, 2.24) is 20.0 Å². The molecule has 0 unspecified atom stereocenters. The monoisotopic (exact) mass is 433 g/mol. The molecule has 1 saturated heterocycles. The summed E-state index contributed by atoms with van der Waals surface area (Å²) in [5.74, 6) is 0.406. The Morgan fingerprint density at radius 1 is 1.28 bits per heavy atom. The van der Waals surface area contributed by atoms with E-state index in [4.69, 9.17) is 4.74 Å². The van der Waals surface area contributed by atoms with Crippen molar-refractivity contribution in [3.05, 3.63) is 41.0 Å². The number of ether oxygens (including phenoxy) is 1. The Bertz CT molecular complexity index is 1150. The molecule has 1 fully saturated rings. The first-order valence-corrected chi connectivity index (χ1v) is 11.5. The van der Waals surface area contributed by atoms with Gasteiger partial charge in [0.1, 0.15) is 10.8 Å². The number of rotatable bonds is 5. The lowest BCUT2D eigenvalue weighted by Crippen LogP contribution is -2.16. The maximum Gasteiger partial charge on any atom is 0.278 e. The maximum absolute atomic E-state index is 12.7. The average molecular weight is 434 g/mol. The Balaban J connectivity index is 1.70. The minimum atomic E-state index is -3.11. The second-order valence-electron chi connectivity index (χ2n) is 6.73. The van der Waals surface area contributed by atoms with Crippen molar-refractivity contribution in [1.29, 1.82) is 0 Å². The first-order chi connectivity index (χ1) is 13.8. The number of sulfone groups is 1. The van der Waals surface area contributed by atoms with Gasteiger partial charge in [0.25, 0.3) is 5.91 Å². The van der Waals surface area contributed by atoms with E-state index in [1.54, 1.807) is 24.8 Å². The highest BCUT2D eigenvalue weighted by Crippen LogP contribution is 2.31. The number of nitrogens with zero attached hydrogens (tertiary/aromatic N) is 4. The van der Waals surface area contributed by atoms with Crippen molar-refractivity contribution in [2.24, 2.45) is 0 Å². The summed E-state index contributed by atoms with van der Waals surface area (Å²) in [6, 6.07) is 8.67. The second kappa shape index (κ2) is 7.56.